The molecule has 0 fully saturated rings. The third-order valence-electron chi connectivity index (χ3n) is 2.93. The number of nitrogens with zero attached hydrogens (tertiary/aromatic N) is 4. The highest BCUT2D eigenvalue weighted by molar-refractivity contribution is 5.52. The Labute approximate surface area is 126 Å². The molecule has 0 saturated heterocycles. The summed E-state index contributed by atoms with van der Waals surface area (Å²) < 4.78 is 41.9. The molecule has 7 nitrogen and oxygen atoms in total. The summed E-state index contributed by atoms with van der Waals surface area (Å²) in [5, 5.41) is 3.52. The molecule has 3 heterocycles. The zero-order valence-electron chi connectivity index (χ0n) is 11.3. The van der Waals surface area contributed by atoms with Crippen molar-refractivity contribution in [3.05, 3.63) is 58.2 Å². The first-order valence-corrected chi connectivity index (χ1v) is 6.32. The highest BCUT2D eigenvalue weighted by atomic mass is 19.4. The molecule has 1 N–H and O–H groups in total. The second-order valence-electron chi connectivity index (χ2n) is 4.52. The molecular formula is C13H8F3N5O2. The molecule has 23 heavy (non-hydrogen) atoms. The number of halogens is 3. The van der Waals surface area contributed by atoms with E-state index >= 15 is 0 Å². The van der Waals surface area contributed by atoms with Crippen molar-refractivity contribution >= 4 is 0 Å². The van der Waals surface area contributed by atoms with Gasteiger partial charge in [-0.15, -0.1) is 0 Å². The van der Waals surface area contributed by atoms with Gasteiger partial charge in [0.05, 0.1) is 5.69 Å². The van der Waals surface area contributed by atoms with Gasteiger partial charge in [0.1, 0.15) is 11.4 Å². The number of nitrogens with one attached hydrogen (secondary N) is 1. The van der Waals surface area contributed by atoms with Crippen molar-refractivity contribution in [2.45, 2.75) is 12.6 Å². The van der Waals surface area contributed by atoms with Gasteiger partial charge in [-0.25, -0.2) is 9.78 Å². The van der Waals surface area contributed by atoms with Crippen LogP contribution in [0.1, 0.15) is 17.0 Å². The van der Waals surface area contributed by atoms with E-state index in [0.717, 1.165) is 12.3 Å². The number of hydrogen-bond donors (Lipinski definition) is 1. The lowest BCUT2D eigenvalue weighted by Crippen LogP contribution is -2.08. The number of pyridine rings is 1. The van der Waals surface area contributed by atoms with Crippen molar-refractivity contribution in [1.29, 1.82) is 0 Å². The molecule has 0 aliphatic carbocycles. The second-order valence-corrected chi connectivity index (χ2v) is 4.52. The van der Waals surface area contributed by atoms with E-state index in [1.165, 1.54) is 18.5 Å². The second kappa shape index (κ2) is 5.63. The topological polar surface area (TPSA) is 97.6 Å². The van der Waals surface area contributed by atoms with E-state index in [0.29, 0.717) is 11.3 Å². The molecule has 3 aromatic heterocycles. The standard InChI is InChI=1S/C13H8F3N5O2/c14-13(15,16)9-2-1-7(6-19-9)5-8-10(18-4-3-17-8)11-20-12(22)23-21-11/h1-4,6H,5H2,(H,20,21,22). The monoisotopic (exact) mass is 323 g/mol. The summed E-state index contributed by atoms with van der Waals surface area (Å²) in [6, 6.07) is 2.20. The largest absolute Gasteiger partial charge is 0.439 e. The lowest BCUT2D eigenvalue weighted by Gasteiger charge is -2.07. The molecule has 0 aromatic carbocycles. The van der Waals surface area contributed by atoms with E-state index < -0.39 is 17.6 Å². The summed E-state index contributed by atoms with van der Waals surface area (Å²) in [5.74, 6) is -0.647. The van der Waals surface area contributed by atoms with Crippen LogP contribution in [0, 0.1) is 0 Å². The van der Waals surface area contributed by atoms with Crippen molar-refractivity contribution in [3.8, 4) is 11.5 Å². The Morgan fingerprint density at radius 3 is 2.52 bits per heavy atom. The predicted octanol–water partition coefficient (Wildman–Crippen LogP) is 1.82. The quantitative estimate of drug-likeness (QED) is 0.789. The van der Waals surface area contributed by atoms with Crippen molar-refractivity contribution in [2.75, 3.05) is 0 Å². The summed E-state index contributed by atoms with van der Waals surface area (Å²) in [6.45, 7) is 0. The minimum Gasteiger partial charge on any atom is -0.296 e. The van der Waals surface area contributed by atoms with Gasteiger partial charge in [0, 0.05) is 25.0 Å². The van der Waals surface area contributed by atoms with Gasteiger partial charge >= 0.3 is 11.9 Å². The zero-order valence-corrected chi connectivity index (χ0v) is 11.3. The normalized spacial score (nSPS) is 11.6. The molecule has 0 saturated carbocycles. The van der Waals surface area contributed by atoms with Gasteiger partial charge in [-0.05, 0) is 11.6 Å². The number of rotatable bonds is 3. The first kappa shape index (κ1) is 14.9. The van der Waals surface area contributed by atoms with Crippen LogP contribution in [0.15, 0.2) is 40.0 Å². The smallest absolute Gasteiger partial charge is 0.296 e. The third kappa shape index (κ3) is 3.25. The number of hydrogen-bond acceptors (Lipinski definition) is 6. The van der Waals surface area contributed by atoms with Crippen LogP contribution < -0.4 is 5.76 Å². The van der Waals surface area contributed by atoms with E-state index in [9.17, 15) is 18.0 Å². The number of aromatic nitrogens is 5. The predicted molar refractivity (Wildman–Crippen MR) is 70.2 cm³/mol. The zero-order chi connectivity index (χ0) is 16.4. The van der Waals surface area contributed by atoms with Crippen LogP contribution in [0.3, 0.4) is 0 Å². The Hall–Kier alpha value is -3.04. The Morgan fingerprint density at radius 1 is 1.13 bits per heavy atom. The fourth-order valence-electron chi connectivity index (χ4n) is 1.92. The van der Waals surface area contributed by atoms with Crippen LogP contribution >= 0.6 is 0 Å². The minimum absolute atomic E-state index is 0.0953. The van der Waals surface area contributed by atoms with Gasteiger partial charge in [-0.1, -0.05) is 11.2 Å². The van der Waals surface area contributed by atoms with Crippen LogP contribution in [0.5, 0.6) is 0 Å². The summed E-state index contributed by atoms with van der Waals surface area (Å²) in [5.41, 5.74) is 0.226. The third-order valence-corrected chi connectivity index (χ3v) is 2.93. The molecule has 0 radical (unpaired) electrons. The summed E-state index contributed by atoms with van der Waals surface area (Å²) in [7, 11) is 0. The fourth-order valence-corrected chi connectivity index (χ4v) is 1.92. The molecule has 0 amide bonds. The fraction of sp³-hybridized carbons (Fsp3) is 0.154. The molecule has 0 unspecified atom stereocenters. The first-order valence-electron chi connectivity index (χ1n) is 6.32. The van der Waals surface area contributed by atoms with Gasteiger partial charge < -0.3 is 0 Å². The molecule has 0 aliphatic heterocycles. The maximum Gasteiger partial charge on any atom is 0.439 e. The Morgan fingerprint density at radius 2 is 1.91 bits per heavy atom. The van der Waals surface area contributed by atoms with E-state index in [1.807, 2.05) is 0 Å². The van der Waals surface area contributed by atoms with Crippen molar-refractivity contribution < 1.29 is 17.7 Å². The average molecular weight is 323 g/mol. The van der Waals surface area contributed by atoms with Crippen LogP contribution in [0.4, 0.5) is 13.2 Å². The van der Waals surface area contributed by atoms with Gasteiger partial charge in [-0.2, -0.15) is 13.2 Å². The lowest BCUT2D eigenvalue weighted by molar-refractivity contribution is -0.141. The van der Waals surface area contributed by atoms with Crippen LogP contribution in [0.25, 0.3) is 11.5 Å². The van der Waals surface area contributed by atoms with E-state index in [2.05, 4.69) is 29.6 Å². The van der Waals surface area contributed by atoms with Crippen LogP contribution in [-0.2, 0) is 12.6 Å². The highest BCUT2D eigenvalue weighted by Gasteiger charge is 2.32. The average Bonchev–Trinajstić information content (AvgIpc) is 2.94. The van der Waals surface area contributed by atoms with Crippen molar-refractivity contribution in [3.63, 3.8) is 0 Å². The van der Waals surface area contributed by atoms with E-state index in [4.69, 9.17) is 0 Å². The molecule has 10 heteroatoms. The Balaban J connectivity index is 1.90. The molecular weight excluding hydrogens is 315 g/mol. The number of H-pyrrole nitrogens is 1. The minimum atomic E-state index is -4.49. The SMILES string of the molecule is O=c1[nH]c(-c2nccnc2Cc2ccc(C(F)(F)F)nc2)no1. The lowest BCUT2D eigenvalue weighted by atomic mass is 10.1. The maximum atomic E-state index is 12.5. The molecule has 0 atom stereocenters. The van der Waals surface area contributed by atoms with E-state index in [1.54, 1.807) is 0 Å². The number of aromatic amines is 1. The molecule has 3 aromatic rings. The van der Waals surface area contributed by atoms with Crippen LogP contribution in [0.2, 0.25) is 0 Å². The van der Waals surface area contributed by atoms with Crippen molar-refractivity contribution in [2.24, 2.45) is 0 Å². The Kier molecular flexibility index (Phi) is 3.64. The summed E-state index contributed by atoms with van der Waals surface area (Å²) in [4.78, 5) is 24.9. The van der Waals surface area contributed by atoms with Gasteiger partial charge in [0.2, 0.25) is 5.82 Å². The van der Waals surface area contributed by atoms with Crippen LogP contribution in [-0.4, -0.2) is 25.1 Å². The number of alkyl halides is 3. The van der Waals surface area contributed by atoms with Gasteiger partial charge in [0.25, 0.3) is 0 Å². The molecule has 0 spiro atoms. The Bertz CT molecular complexity index is 870. The van der Waals surface area contributed by atoms with Crippen molar-refractivity contribution in [1.82, 2.24) is 25.1 Å². The molecule has 0 bridgehead atoms. The van der Waals surface area contributed by atoms with Gasteiger partial charge in [-0.3, -0.25) is 19.5 Å². The molecule has 118 valence electrons. The first-order chi connectivity index (χ1) is 10.9. The van der Waals surface area contributed by atoms with E-state index in [-0.39, 0.29) is 17.9 Å². The maximum absolute atomic E-state index is 12.5. The molecule has 3 rings (SSSR count). The summed E-state index contributed by atoms with van der Waals surface area (Å²) in [6.07, 6.45) is -0.377. The molecule has 0 aliphatic rings. The summed E-state index contributed by atoms with van der Waals surface area (Å²) >= 11 is 0. The van der Waals surface area contributed by atoms with Gasteiger partial charge in [0.15, 0.2) is 0 Å². The highest BCUT2D eigenvalue weighted by Crippen LogP contribution is 2.27.